The van der Waals surface area contributed by atoms with Crippen LogP contribution < -0.4 is 9.47 Å². The average molecular weight is 401 g/mol. The summed E-state index contributed by atoms with van der Waals surface area (Å²) in [6.45, 7) is 5.63. The van der Waals surface area contributed by atoms with E-state index < -0.39 is 16.0 Å². The Labute approximate surface area is 163 Å². The summed E-state index contributed by atoms with van der Waals surface area (Å²) < 4.78 is 44.6. The Morgan fingerprint density at radius 2 is 1.82 bits per heavy atom. The lowest BCUT2D eigenvalue weighted by Crippen LogP contribution is -2.18. The Kier molecular flexibility index (Phi) is 5.51. The highest BCUT2D eigenvalue weighted by molar-refractivity contribution is 7.90. The number of rotatable bonds is 6. The van der Waals surface area contributed by atoms with E-state index in [1.165, 1.54) is 19.2 Å². The molecule has 28 heavy (non-hydrogen) atoms. The highest BCUT2D eigenvalue weighted by Gasteiger charge is 2.22. The topological polar surface area (TPSA) is 91.3 Å². The maximum absolute atomic E-state index is 12.7. The molecule has 2 aromatic carbocycles. The number of fused-ring (bicyclic) bond motifs is 1. The number of carbonyl (C=O) groups is 1. The van der Waals surface area contributed by atoms with Gasteiger partial charge in [0.2, 0.25) is 6.79 Å². The number of nitrogens with zero attached hydrogens (tertiary/aromatic N) is 1. The number of methoxy groups -OCH3 is 1. The molecular weight excluding hydrogens is 382 g/mol. The first kappa shape index (κ1) is 19.6. The van der Waals surface area contributed by atoms with Gasteiger partial charge in [0.1, 0.15) is 0 Å². The molecule has 8 heteroatoms. The van der Waals surface area contributed by atoms with Crippen molar-refractivity contribution < 1.29 is 27.4 Å². The predicted molar refractivity (Wildman–Crippen MR) is 103 cm³/mol. The minimum atomic E-state index is -4.03. The standard InChI is InChI=1S/C20H19NO6S/c1-13-4-7-16(8-5-13)28(23,24)21-17(14(2)20(22)25-3)10-15-6-9-18-19(11-15)27-12-26-18/h4-9,11H,2,10,12H2,1,3H3/b21-17+. The molecule has 0 fully saturated rings. The summed E-state index contributed by atoms with van der Waals surface area (Å²) >= 11 is 0. The van der Waals surface area contributed by atoms with Crippen LogP contribution in [0.5, 0.6) is 11.5 Å². The fourth-order valence-corrected chi connectivity index (χ4v) is 3.64. The normalized spacial score (nSPS) is 13.3. The van der Waals surface area contributed by atoms with Gasteiger partial charge >= 0.3 is 5.97 Å². The smallest absolute Gasteiger partial charge is 0.339 e. The Bertz CT molecular complexity index is 1050. The lowest BCUT2D eigenvalue weighted by atomic mass is 10.0. The third-order valence-corrected chi connectivity index (χ3v) is 5.47. The maximum Gasteiger partial charge on any atom is 0.339 e. The molecule has 0 aromatic heterocycles. The lowest BCUT2D eigenvalue weighted by Gasteiger charge is -2.10. The van der Waals surface area contributed by atoms with Crippen molar-refractivity contribution in [3.63, 3.8) is 0 Å². The number of hydrogen-bond donors (Lipinski definition) is 0. The van der Waals surface area contributed by atoms with Crippen molar-refractivity contribution in [3.8, 4) is 11.5 Å². The van der Waals surface area contributed by atoms with E-state index >= 15 is 0 Å². The van der Waals surface area contributed by atoms with E-state index in [9.17, 15) is 13.2 Å². The highest BCUT2D eigenvalue weighted by atomic mass is 32.2. The molecule has 0 atom stereocenters. The molecule has 0 bridgehead atoms. The van der Waals surface area contributed by atoms with E-state index in [2.05, 4.69) is 15.7 Å². The van der Waals surface area contributed by atoms with E-state index in [4.69, 9.17) is 9.47 Å². The van der Waals surface area contributed by atoms with Gasteiger partial charge in [-0.1, -0.05) is 30.3 Å². The van der Waals surface area contributed by atoms with Crippen LogP contribution in [-0.4, -0.2) is 34.0 Å². The van der Waals surface area contributed by atoms with Gasteiger partial charge in [-0.05, 0) is 36.8 Å². The number of aryl methyl sites for hydroxylation is 1. The number of carbonyl (C=O) groups excluding carboxylic acids is 1. The maximum atomic E-state index is 12.7. The van der Waals surface area contributed by atoms with Gasteiger partial charge in [-0.3, -0.25) is 0 Å². The van der Waals surface area contributed by atoms with Crippen molar-refractivity contribution in [3.05, 3.63) is 65.7 Å². The molecule has 146 valence electrons. The van der Waals surface area contributed by atoms with Crippen molar-refractivity contribution in [2.45, 2.75) is 18.2 Å². The molecular formula is C20H19NO6S. The summed E-state index contributed by atoms with van der Waals surface area (Å²) in [5.74, 6) is 0.391. The molecule has 3 rings (SSSR count). The molecule has 0 saturated carbocycles. The van der Waals surface area contributed by atoms with Gasteiger partial charge in [0.05, 0.1) is 23.3 Å². The quantitative estimate of drug-likeness (QED) is 0.420. The third kappa shape index (κ3) is 4.23. The van der Waals surface area contributed by atoms with Crippen LogP contribution in [0.3, 0.4) is 0 Å². The van der Waals surface area contributed by atoms with Crippen LogP contribution in [0.25, 0.3) is 0 Å². The second kappa shape index (κ2) is 7.85. The Balaban J connectivity index is 1.99. The van der Waals surface area contributed by atoms with Crippen molar-refractivity contribution in [2.75, 3.05) is 13.9 Å². The van der Waals surface area contributed by atoms with E-state index in [0.717, 1.165) is 5.56 Å². The lowest BCUT2D eigenvalue weighted by molar-refractivity contribution is -0.135. The Hall–Kier alpha value is -3.13. The molecule has 0 spiro atoms. The van der Waals surface area contributed by atoms with Crippen molar-refractivity contribution in [1.29, 1.82) is 0 Å². The molecule has 1 heterocycles. The first-order valence-corrected chi connectivity index (χ1v) is 9.81. The second-order valence-corrected chi connectivity index (χ2v) is 7.76. The van der Waals surface area contributed by atoms with Crippen LogP contribution >= 0.6 is 0 Å². The van der Waals surface area contributed by atoms with Gasteiger partial charge in [-0.2, -0.15) is 12.8 Å². The van der Waals surface area contributed by atoms with Crippen molar-refractivity contribution >= 4 is 21.7 Å². The summed E-state index contributed by atoms with van der Waals surface area (Å²) in [6.07, 6.45) is 0.0513. The van der Waals surface area contributed by atoms with Crippen molar-refractivity contribution in [2.24, 2.45) is 4.40 Å². The van der Waals surface area contributed by atoms with Gasteiger partial charge in [0, 0.05) is 6.42 Å². The number of benzene rings is 2. The van der Waals surface area contributed by atoms with Gasteiger partial charge in [0.15, 0.2) is 11.5 Å². The monoisotopic (exact) mass is 401 g/mol. The SMILES string of the molecule is C=C(C(=O)OC)/C(Cc1ccc2c(c1)OCO2)=N/S(=O)(=O)c1ccc(C)cc1. The molecule has 1 aliphatic heterocycles. The molecule has 0 radical (unpaired) electrons. The van der Waals surface area contributed by atoms with Crippen molar-refractivity contribution in [1.82, 2.24) is 0 Å². The van der Waals surface area contributed by atoms with Crippen LogP contribution in [0.1, 0.15) is 11.1 Å². The van der Waals surface area contributed by atoms with Crippen LogP contribution in [-0.2, 0) is 26.0 Å². The summed E-state index contributed by atoms with van der Waals surface area (Å²) in [4.78, 5) is 12.0. The van der Waals surface area contributed by atoms with Gasteiger partial charge in [-0.25, -0.2) is 4.79 Å². The highest BCUT2D eigenvalue weighted by Crippen LogP contribution is 2.33. The number of esters is 1. The Morgan fingerprint density at radius 1 is 1.14 bits per heavy atom. The van der Waals surface area contributed by atoms with Gasteiger partial charge < -0.3 is 14.2 Å². The van der Waals surface area contributed by atoms with E-state index in [1.807, 2.05) is 6.92 Å². The number of sulfonamides is 1. The zero-order valence-electron chi connectivity index (χ0n) is 15.5. The zero-order valence-corrected chi connectivity index (χ0v) is 16.3. The molecule has 0 aliphatic carbocycles. The molecule has 0 saturated heterocycles. The molecule has 2 aromatic rings. The fourth-order valence-electron chi connectivity index (χ4n) is 2.59. The van der Waals surface area contributed by atoms with Crippen LogP contribution in [0, 0.1) is 6.92 Å². The van der Waals surface area contributed by atoms with E-state index in [0.29, 0.717) is 17.1 Å². The molecule has 0 amide bonds. The van der Waals surface area contributed by atoms with E-state index in [-0.39, 0.29) is 29.4 Å². The molecule has 0 N–H and O–H groups in total. The fraction of sp³-hybridized carbons (Fsp3) is 0.200. The Morgan fingerprint density at radius 3 is 2.50 bits per heavy atom. The van der Waals surface area contributed by atoms with Crippen LogP contribution in [0.15, 0.2) is 63.9 Å². The summed E-state index contributed by atoms with van der Waals surface area (Å²) in [7, 11) is -2.84. The largest absolute Gasteiger partial charge is 0.465 e. The van der Waals surface area contributed by atoms with Gasteiger partial charge in [-0.15, -0.1) is 0 Å². The first-order valence-electron chi connectivity index (χ1n) is 8.37. The molecule has 1 aliphatic rings. The van der Waals surface area contributed by atoms with Crippen LogP contribution in [0.4, 0.5) is 0 Å². The van der Waals surface area contributed by atoms with Crippen LogP contribution in [0.2, 0.25) is 0 Å². The number of ether oxygens (including phenoxy) is 3. The second-order valence-electron chi connectivity index (χ2n) is 6.16. The summed E-state index contributed by atoms with van der Waals surface area (Å²) in [5.41, 5.74) is 1.47. The van der Waals surface area contributed by atoms with Gasteiger partial charge in [0.25, 0.3) is 10.0 Å². The minimum Gasteiger partial charge on any atom is -0.465 e. The van der Waals surface area contributed by atoms with E-state index in [1.54, 1.807) is 30.3 Å². The number of hydrogen-bond acceptors (Lipinski definition) is 6. The molecule has 7 nitrogen and oxygen atoms in total. The minimum absolute atomic E-state index is 0.00806. The third-order valence-electron chi connectivity index (χ3n) is 4.14. The summed E-state index contributed by atoms with van der Waals surface area (Å²) in [6, 6.07) is 11.4. The predicted octanol–water partition coefficient (Wildman–Crippen LogP) is 2.83. The zero-order chi connectivity index (χ0) is 20.3. The molecule has 0 unspecified atom stereocenters. The summed E-state index contributed by atoms with van der Waals surface area (Å²) in [5, 5.41) is 0. The average Bonchev–Trinajstić information content (AvgIpc) is 3.14. The first-order chi connectivity index (χ1) is 13.3.